The number of ether oxygens (including phenoxy) is 1. The van der Waals surface area contributed by atoms with Crippen molar-refractivity contribution in [2.45, 2.75) is 45.2 Å². The third-order valence-electron chi connectivity index (χ3n) is 6.41. The molecule has 1 fully saturated rings. The van der Waals surface area contributed by atoms with E-state index < -0.39 is 5.97 Å². The van der Waals surface area contributed by atoms with Crippen LogP contribution < -0.4 is 4.74 Å². The Hall–Kier alpha value is -2.83. The number of amidine groups is 1. The zero-order chi connectivity index (χ0) is 25.4. The summed E-state index contributed by atoms with van der Waals surface area (Å²) in [6, 6.07) is 5.74. The fraction of sp³-hybridized carbons (Fsp3) is 0.429. The summed E-state index contributed by atoms with van der Waals surface area (Å²) in [6.45, 7) is 11.6. The van der Waals surface area contributed by atoms with Crippen molar-refractivity contribution in [1.29, 1.82) is 0 Å². The first kappa shape index (κ1) is 26.8. The first-order chi connectivity index (χ1) is 16.8. The molecule has 1 N–H and O–H groups in total. The van der Waals surface area contributed by atoms with E-state index in [9.17, 15) is 4.79 Å². The average Bonchev–Trinajstić information content (AvgIpc) is 2.83. The Morgan fingerprint density at radius 3 is 2.63 bits per heavy atom. The van der Waals surface area contributed by atoms with Crippen molar-refractivity contribution in [3.8, 4) is 5.75 Å². The van der Waals surface area contributed by atoms with Crippen molar-refractivity contribution in [1.82, 2.24) is 9.80 Å². The molecule has 3 rings (SSSR count). The first-order valence-electron chi connectivity index (χ1n) is 12.1. The van der Waals surface area contributed by atoms with Gasteiger partial charge in [-0.05, 0) is 61.6 Å². The second-order valence-electron chi connectivity index (χ2n) is 9.10. The van der Waals surface area contributed by atoms with Gasteiger partial charge in [-0.1, -0.05) is 48.6 Å². The quantitative estimate of drug-likeness (QED) is 0.290. The van der Waals surface area contributed by atoms with Crippen molar-refractivity contribution in [3.63, 3.8) is 0 Å². The zero-order valence-electron chi connectivity index (χ0n) is 20.9. The summed E-state index contributed by atoms with van der Waals surface area (Å²) in [5, 5.41) is 9.51. The molecule has 6 nitrogen and oxygen atoms in total. The normalized spacial score (nSPS) is 21.3. The lowest BCUT2D eigenvalue weighted by Gasteiger charge is -2.45. The van der Waals surface area contributed by atoms with E-state index >= 15 is 0 Å². The minimum atomic E-state index is -0.879. The molecule has 1 heterocycles. The van der Waals surface area contributed by atoms with Crippen LogP contribution in [0.1, 0.15) is 32.3 Å². The summed E-state index contributed by atoms with van der Waals surface area (Å²) in [4.78, 5) is 20.3. The van der Waals surface area contributed by atoms with Gasteiger partial charge in [-0.3, -0.25) is 14.7 Å². The van der Waals surface area contributed by atoms with Crippen molar-refractivity contribution in [2.24, 2.45) is 4.99 Å². The highest BCUT2D eigenvalue weighted by Crippen LogP contribution is 2.26. The molecule has 2 aliphatic rings. The number of halogens is 1. The molecule has 0 saturated carbocycles. The Labute approximate surface area is 213 Å². The molecule has 1 aromatic carbocycles. The number of benzene rings is 1. The number of rotatable bonds is 9. The van der Waals surface area contributed by atoms with Crippen LogP contribution in [0.25, 0.3) is 0 Å². The lowest BCUT2D eigenvalue weighted by molar-refractivity contribution is -0.136. The Morgan fingerprint density at radius 2 is 2.00 bits per heavy atom. The SMILES string of the molecule is C=C(/C=C\C(=NC)N1C[C@@H](C)N(CCOc2cc(CC(=O)O)ccc2Cl)[C@@H](C)C1)C1=CCCC=C1. The van der Waals surface area contributed by atoms with Gasteiger partial charge >= 0.3 is 5.97 Å². The van der Waals surface area contributed by atoms with Gasteiger partial charge in [-0.15, -0.1) is 0 Å². The van der Waals surface area contributed by atoms with E-state index in [0.717, 1.165) is 43.9 Å². The van der Waals surface area contributed by atoms with E-state index in [1.54, 1.807) is 18.2 Å². The fourth-order valence-corrected chi connectivity index (χ4v) is 4.80. The Balaban J connectivity index is 1.55. The van der Waals surface area contributed by atoms with E-state index in [4.69, 9.17) is 21.4 Å². The lowest BCUT2D eigenvalue weighted by atomic mass is 10.0. The number of carbonyl (C=O) groups is 1. The Morgan fingerprint density at radius 1 is 1.26 bits per heavy atom. The second-order valence-corrected chi connectivity index (χ2v) is 9.51. The van der Waals surface area contributed by atoms with Gasteiger partial charge in [0.15, 0.2) is 0 Å². The van der Waals surface area contributed by atoms with Gasteiger partial charge in [0.25, 0.3) is 0 Å². The van der Waals surface area contributed by atoms with Crippen molar-refractivity contribution >= 4 is 23.4 Å². The predicted molar refractivity (Wildman–Crippen MR) is 144 cm³/mol. The number of carboxylic acids is 1. The molecule has 0 aromatic heterocycles. The molecule has 0 radical (unpaired) electrons. The van der Waals surface area contributed by atoms with Gasteiger partial charge in [0, 0.05) is 38.8 Å². The molecule has 2 atom stereocenters. The summed E-state index contributed by atoms with van der Waals surface area (Å²) in [5.41, 5.74) is 2.86. The number of nitrogens with zero attached hydrogens (tertiary/aromatic N) is 3. The number of carboxylic acid groups (broad SMARTS) is 1. The number of hydrogen-bond donors (Lipinski definition) is 1. The smallest absolute Gasteiger partial charge is 0.307 e. The molecule has 0 amide bonds. The molecule has 1 saturated heterocycles. The van der Waals surface area contributed by atoms with Crippen LogP contribution in [0.15, 0.2) is 71.3 Å². The van der Waals surface area contributed by atoms with Gasteiger partial charge in [-0.2, -0.15) is 0 Å². The van der Waals surface area contributed by atoms with Crippen LogP contribution in [0, 0.1) is 0 Å². The summed E-state index contributed by atoms with van der Waals surface area (Å²) < 4.78 is 5.94. The van der Waals surface area contributed by atoms with E-state index in [0.29, 0.717) is 35.0 Å². The highest BCUT2D eigenvalue weighted by molar-refractivity contribution is 6.32. The largest absolute Gasteiger partial charge is 0.491 e. The minimum Gasteiger partial charge on any atom is -0.491 e. The molecular weight excluding hydrogens is 462 g/mol. The number of aliphatic carboxylic acids is 1. The molecule has 1 aliphatic heterocycles. The van der Waals surface area contributed by atoms with E-state index in [1.165, 1.54) is 5.57 Å². The summed E-state index contributed by atoms with van der Waals surface area (Å²) in [6.07, 6.45) is 12.8. The third kappa shape index (κ3) is 7.58. The highest BCUT2D eigenvalue weighted by atomic mass is 35.5. The van der Waals surface area contributed by atoms with Crippen LogP contribution in [0.2, 0.25) is 5.02 Å². The average molecular weight is 498 g/mol. The summed E-state index contributed by atoms with van der Waals surface area (Å²) in [5.74, 6) is 0.608. The Kier molecular flexibility index (Phi) is 9.75. The monoisotopic (exact) mass is 497 g/mol. The van der Waals surface area contributed by atoms with Crippen LogP contribution in [0.4, 0.5) is 0 Å². The number of allylic oxidation sites excluding steroid dienone is 6. The van der Waals surface area contributed by atoms with Crippen LogP contribution in [-0.2, 0) is 11.2 Å². The maximum atomic E-state index is 11.0. The number of piperazine rings is 1. The topological polar surface area (TPSA) is 65.4 Å². The van der Waals surface area contributed by atoms with Crippen LogP contribution >= 0.6 is 11.6 Å². The van der Waals surface area contributed by atoms with E-state index in [-0.39, 0.29) is 6.42 Å². The van der Waals surface area contributed by atoms with Gasteiger partial charge in [0.05, 0.1) is 11.4 Å². The minimum absolute atomic E-state index is 0.0546. The van der Waals surface area contributed by atoms with Crippen LogP contribution in [0.3, 0.4) is 0 Å². The van der Waals surface area contributed by atoms with Gasteiger partial charge in [0.2, 0.25) is 0 Å². The maximum Gasteiger partial charge on any atom is 0.307 e. The zero-order valence-corrected chi connectivity index (χ0v) is 21.7. The van der Waals surface area contributed by atoms with E-state index in [1.807, 2.05) is 7.05 Å². The van der Waals surface area contributed by atoms with Gasteiger partial charge in [-0.25, -0.2) is 0 Å². The second kappa shape index (κ2) is 12.8. The Bertz CT molecular complexity index is 1030. The van der Waals surface area contributed by atoms with Crippen molar-refractivity contribution < 1.29 is 14.6 Å². The summed E-state index contributed by atoms with van der Waals surface area (Å²) >= 11 is 6.26. The molecule has 1 aliphatic carbocycles. The van der Waals surface area contributed by atoms with Crippen molar-refractivity contribution in [2.75, 3.05) is 33.3 Å². The fourth-order valence-electron chi connectivity index (χ4n) is 4.63. The molecule has 35 heavy (non-hydrogen) atoms. The third-order valence-corrected chi connectivity index (χ3v) is 6.72. The van der Waals surface area contributed by atoms with Crippen LogP contribution in [0.5, 0.6) is 5.75 Å². The lowest BCUT2D eigenvalue weighted by Crippen LogP contribution is -2.58. The van der Waals surface area contributed by atoms with Crippen molar-refractivity contribution in [3.05, 3.63) is 76.9 Å². The predicted octanol–water partition coefficient (Wildman–Crippen LogP) is 5.16. The maximum absolute atomic E-state index is 11.0. The molecule has 1 aromatic rings. The highest BCUT2D eigenvalue weighted by Gasteiger charge is 2.30. The van der Waals surface area contributed by atoms with Gasteiger partial charge < -0.3 is 14.7 Å². The first-order valence-corrected chi connectivity index (χ1v) is 12.5. The van der Waals surface area contributed by atoms with Crippen LogP contribution in [-0.4, -0.2) is 72.1 Å². The standard InChI is InChI=1S/C28H36ClN3O3/c1-20(24-8-6-5-7-9-24)10-13-27(30-4)31-18-21(2)32(22(3)19-31)14-15-35-26-16-23(17-28(33)34)11-12-25(26)29/h6,8-13,16,21-22H,1,5,7,14-15,17-19H2,2-4H3,(H,33,34)/b13-10-,30-27?/t21-,22+. The van der Waals surface area contributed by atoms with E-state index in [2.05, 4.69) is 65.6 Å². The van der Waals surface area contributed by atoms with Gasteiger partial charge in [0.1, 0.15) is 18.2 Å². The molecule has 0 spiro atoms. The molecule has 7 heteroatoms. The molecule has 0 bridgehead atoms. The molecule has 0 unspecified atom stereocenters. The molecular formula is C28H36ClN3O3. The number of aliphatic imine (C=N–C) groups is 1. The number of hydrogen-bond acceptors (Lipinski definition) is 4. The summed E-state index contributed by atoms with van der Waals surface area (Å²) in [7, 11) is 1.83. The molecule has 188 valence electrons.